The lowest BCUT2D eigenvalue weighted by atomic mass is 10.0. The molecular formula is C23H36F3N5O6S. The second kappa shape index (κ2) is 13.9. The molecule has 4 atom stereocenters. The van der Waals surface area contributed by atoms with Crippen LogP contribution in [0.25, 0.3) is 0 Å². The van der Waals surface area contributed by atoms with Gasteiger partial charge in [0, 0.05) is 24.0 Å². The molecule has 2 aliphatic rings. The number of alkyl halides is 3. The lowest BCUT2D eigenvalue weighted by Crippen LogP contribution is -2.43. The van der Waals surface area contributed by atoms with E-state index in [0.717, 1.165) is 12.8 Å². The zero-order valence-corrected chi connectivity index (χ0v) is 22.5. The fourth-order valence-corrected chi connectivity index (χ4v) is 5.56. The molecule has 5 N–H and O–H groups in total. The summed E-state index contributed by atoms with van der Waals surface area (Å²) >= 11 is 1.69. The third kappa shape index (κ3) is 11.0. The highest BCUT2D eigenvalue weighted by molar-refractivity contribution is 8.00. The molecule has 11 nitrogen and oxygen atoms in total. The molecule has 216 valence electrons. The minimum absolute atomic E-state index is 0.104. The molecule has 0 unspecified atom stereocenters. The Labute approximate surface area is 223 Å². The van der Waals surface area contributed by atoms with Crippen LogP contribution in [0.3, 0.4) is 0 Å². The topological polar surface area (TPSA) is 158 Å². The smallest absolute Gasteiger partial charge is 0.473 e. The zero-order valence-electron chi connectivity index (χ0n) is 21.7. The average molecular weight is 568 g/mol. The van der Waals surface area contributed by atoms with Gasteiger partial charge in [-0.25, -0.2) is 9.59 Å². The van der Waals surface area contributed by atoms with Crippen molar-refractivity contribution >= 4 is 41.6 Å². The van der Waals surface area contributed by atoms with Crippen LogP contribution in [-0.2, 0) is 19.1 Å². The molecule has 2 saturated heterocycles. The molecule has 0 aromatic carbocycles. The summed E-state index contributed by atoms with van der Waals surface area (Å²) in [4.78, 5) is 49.4. The van der Waals surface area contributed by atoms with Crippen molar-refractivity contribution in [3.05, 3.63) is 0 Å². The van der Waals surface area contributed by atoms with Gasteiger partial charge < -0.3 is 31.1 Å². The van der Waals surface area contributed by atoms with Crippen molar-refractivity contribution in [2.45, 2.75) is 101 Å². The van der Waals surface area contributed by atoms with Crippen LogP contribution in [-0.4, -0.2) is 82.4 Å². The van der Waals surface area contributed by atoms with Crippen LogP contribution in [0, 0.1) is 0 Å². The van der Waals surface area contributed by atoms with Gasteiger partial charge in [-0.2, -0.15) is 29.9 Å². The van der Waals surface area contributed by atoms with Crippen molar-refractivity contribution in [2.24, 2.45) is 4.99 Å². The van der Waals surface area contributed by atoms with Crippen molar-refractivity contribution in [1.82, 2.24) is 21.3 Å². The highest BCUT2D eigenvalue weighted by atomic mass is 32.2. The van der Waals surface area contributed by atoms with Crippen LogP contribution in [0.5, 0.6) is 0 Å². The first-order valence-electron chi connectivity index (χ1n) is 12.5. The number of carbonyl (C=O) groups is 4. The molecule has 0 saturated carbocycles. The molecule has 0 aromatic heterocycles. The molecule has 0 radical (unpaired) electrons. The number of aliphatic imine (C=N–C) groups is 1. The quantitative estimate of drug-likeness (QED) is 0.223. The summed E-state index contributed by atoms with van der Waals surface area (Å²) < 4.78 is 42.3. The predicted octanol–water partition coefficient (Wildman–Crippen LogP) is 2.30. The number of guanidine groups is 1. The summed E-state index contributed by atoms with van der Waals surface area (Å²) in [5.41, 5.74) is -0.736. The lowest BCUT2D eigenvalue weighted by Gasteiger charge is -2.22. The first-order chi connectivity index (χ1) is 17.7. The Kier molecular flexibility index (Phi) is 11.5. The van der Waals surface area contributed by atoms with Gasteiger partial charge in [-0.1, -0.05) is 6.42 Å². The van der Waals surface area contributed by atoms with E-state index in [2.05, 4.69) is 26.3 Å². The average Bonchev–Trinajstić information content (AvgIpc) is 3.34. The number of halogens is 3. The fraction of sp³-hybridized carbons (Fsp3) is 0.783. The van der Waals surface area contributed by atoms with Crippen LogP contribution in [0.1, 0.15) is 65.7 Å². The zero-order chi connectivity index (χ0) is 28.5. The first kappa shape index (κ1) is 31.5. The van der Waals surface area contributed by atoms with Gasteiger partial charge in [0.15, 0.2) is 5.96 Å². The minimum Gasteiger partial charge on any atom is -0.480 e. The number of alkyl carbamates (subject to hydrolysis) is 1. The number of carbonyl (C=O) groups excluding carboxylic acids is 3. The normalized spacial score (nSPS) is 22.7. The number of ether oxygens (including phenoxy) is 1. The van der Waals surface area contributed by atoms with Crippen molar-refractivity contribution < 1.29 is 42.2 Å². The monoisotopic (exact) mass is 567 g/mol. The molecule has 0 aromatic rings. The summed E-state index contributed by atoms with van der Waals surface area (Å²) in [5.74, 6) is -2.90. The highest BCUT2D eigenvalue weighted by Gasteiger charge is 2.44. The number of carboxylic acid groups (broad SMARTS) is 1. The number of nitrogens with one attached hydrogen (secondary N) is 4. The van der Waals surface area contributed by atoms with Crippen molar-refractivity contribution in [3.8, 4) is 0 Å². The Morgan fingerprint density at radius 2 is 1.84 bits per heavy atom. The third-order valence-electron chi connectivity index (χ3n) is 5.78. The highest BCUT2D eigenvalue weighted by Crippen LogP contribution is 2.33. The molecule has 15 heteroatoms. The number of amides is 3. The van der Waals surface area contributed by atoms with E-state index in [0.29, 0.717) is 38.0 Å². The second-order valence-electron chi connectivity index (χ2n) is 10.2. The Balaban J connectivity index is 1.58. The number of aliphatic carboxylic acids is 1. The molecule has 0 bridgehead atoms. The maximum Gasteiger partial charge on any atom is 0.473 e. The maximum absolute atomic E-state index is 12.4. The first-order valence-corrected chi connectivity index (χ1v) is 13.5. The molecule has 2 rings (SSSR count). The number of nitrogens with zero attached hydrogens (tertiary/aromatic N) is 1. The summed E-state index contributed by atoms with van der Waals surface area (Å²) in [6.07, 6.45) is -2.11. The third-order valence-corrected chi connectivity index (χ3v) is 7.29. The fourth-order valence-electron chi connectivity index (χ4n) is 4.01. The Morgan fingerprint density at radius 3 is 2.47 bits per heavy atom. The van der Waals surface area contributed by atoms with Gasteiger partial charge in [-0.15, -0.1) is 0 Å². The maximum atomic E-state index is 12.4. The molecular weight excluding hydrogens is 531 g/mol. The van der Waals surface area contributed by atoms with Gasteiger partial charge in [0.1, 0.15) is 11.6 Å². The Bertz CT molecular complexity index is 896. The van der Waals surface area contributed by atoms with E-state index in [1.54, 1.807) is 32.5 Å². The summed E-state index contributed by atoms with van der Waals surface area (Å²) in [6.45, 7) is 5.42. The lowest BCUT2D eigenvalue weighted by molar-refractivity contribution is -0.169. The summed E-state index contributed by atoms with van der Waals surface area (Å²) in [6, 6.07) is -1.31. The number of carboxylic acids is 1. The predicted molar refractivity (Wildman–Crippen MR) is 135 cm³/mol. The molecule has 0 aliphatic carbocycles. The van der Waals surface area contributed by atoms with Gasteiger partial charge >= 0.3 is 24.1 Å². The Hall–Kier alpha value is -2.71. The number of fused-ring (bicyclic) bond motifs is 1. The van der Waals surface area contributed by atoms with Gasteiger partial charge in [-0.05, 0) is 52.9 Å². The molecule has 2 heterocycles. The molecule has 2 fully saturated rings. The van der Waals surface area contributed by atoms with E-state index < -0.39 is 35.8 Å². The number of thioether (sulfide) groups is 1. The van der Waals surface area contributed by atoms with Crippen molar-refractivity contribution in [3.63, 3.8) is 0 Å². The van der Waals surface area contributed by atoms with E-state index in [4.69, 9.17) is 4.74 Å². The van der Waals surface area contributed by atoms with Crippen molar-refractivity contribution in [2.75, 3.05) is 12.3 Å². The van der Waals surface area contributed by atoms with Crippen LogP contribution in [0.15, 0.2) is 4.99 Å². The number of unbranched alkanes of at least 4 members (excludes halogenated alkanes) is 2. The van der Waals surface area contributed by atoms with E-state index in [1.807, 2.05) is 0 Å². The standard InChI is InChI=1S/C23H36F3N5O6S/c1-22(2,3)37-21(36)29-13(18(33)34)8-6-7-11-27-16(32)10-5-4-9-15-17-14(12-38-15)28-20(30-17)31-19(35)23(24,25)26/h13-15,17H,4-12H2,1-3H3,(H,27,32)(H,29,36)(H,33,34)(H2,28,30,31,35)/t13-,14-,15-,17-/m0/s1. The number of hydrogen-bond donors (Lipinski definition) is 5. The van der Waals surface area contributed by atoms with E-state index >= 15 is 0 Å². The van der Waals surface area contributed by atoms with Crippen LogP contribution in [0.2, 0.25) is 0 Å². The van der Waals surface area contributed by atoms with E-state index in [1.165, 1.54) is 0 Å². The number of hydrogen-bond acceptors (Lipinski definition) is 6. The van der Waals surface area contributed by atoms with Gasteiger partial charge in [0.2, 0.25) is 5.91 Å². The molecule has 2 aliphatic heterocycles. The molecule has 38 heavy (non-hydrogen) atoms. The van der Waals surface area contributed by atoms with Gasteiger partial charge in [0.05, 0.1) is 12.1 Å². The van der Waals surface area contributed by atoms with Gasteiger partial charge in [0.25, 0.3) is 0 Å². The number of rotatable bonds is 12. The van der Waals surface area contributed by atoms with Crippen LogP contribution >= 0.6 is 11.8 Å². The Morgan fingerprint density at radius 1 is 1.13 bits per heavy atom. The van der Waals surface area contributed by atoms with Crippen LogP contribution < -0.4 is 21.3 Å². The second-order valence-corrected chi connectivity index (χ2v) is 11.5. The molecule has 0 spiro atoms. The SMILES string of the molecule is CC(C)(C)OC(=O)N[C@@H](CCCCNC(=O)CCCC[C@@H]1SC[C@@H]2N/C(=N/C(=O)C(F)(F)F)N[C@@H]21)C(=O)O. The minimum atomic E-state index is -5.01. The molecule has 3 amide bonds. The van der Waals surface area contributed by atoms with Crippen molar-refractivity contribution in [1.29, 1.82) is 0 Å². The van der Waals surface area contributed by atoms with E-state index in [-0.39, 0.29) is 35.6 Å². The van der Waals surface area contributed by atoms with E-state index in [9.17, 15) is 37.5 Å². The van der Waals surface area contributed by atoms with Gasteiger partial charge in [-0.3, -0.25) is 9.59 Å². The summed E-state index contributed by atoms with van der Waals surface area (Å²) in [7, 11) is 0. The summed E-state index contributed by atoms with van der Waals surface area (Å²) in [5, 5.41) is 20.3. The largest absolute Gasteiger partial charge is 0.480 e. The van der Waals surface area contributed by atoms with Crippen LogP contribution in [0.4, 0.5) is 18.0 Å².